The average Bonchev–Trinajstić information content (AvgIpc) is 2.69. The largest absolute Gasteiger partial charge is 0.344 e. The predicted octanol–water partition coefficient (Wildman–Crippen LogP) is 4.35. The molecule has 27 heavy (non-hydrogen) atoms. The fraction of sp³-hybridized carbons (Fsp3) is 0.238. The standard InChI is InChI=1S/C21H18FN3OS/c1-14-4-2-3-5-17(14)18-10-20(26)25-12-24(13-27-21(25)19(18)11-23)16-8-6-15(22)7-9-16/h2-9,18H,10,12-13H2,1H3/t18-/m0/s1. The summed E-state index contributed by atoms with van der Waals surface area (Å²) < 4.78 is 13.2. The summed E-state index contributed by atoms with van der Waals surface area (Å²) in [6.07, 6.45) is 0.287. The highest BCUT2D eigenvalue weighted by Crippen LogP contribution is 2.43. The number of allylic oxidation sites excluding steroid dienone is 1. The molecule has 1 atom stereocenters. The third-order valence-electron chi connectivity index (χ3n) is 5.05. The van der Waals surface area contributed by atoms with Crippen LogP contribution in [0.3, 0.4) is 0 Å². The predicted molar refractivity (Wildman–Crippen MR) is 104 cm³/mol. The van der Waals surface area contributed by atoms with Gasteiger partial charge >= 0.3 is 0 Å². The van der Waals surface area contributed by atoms with Crippen molar-refractivity contribution in [1.29, 1.82) is 5.26 Å². The molecular formula is C21H18FN3OS. The number of aryl methyl sites for hydroxylation is 1. The van der Waals surface area contributed by atoms with Gasteiger partial charge in [-0.15, -0.1) is 0 Å². The third-order valence-corrected chi connectivity index (χ3v) is 6.20. The summed E-state index contributed by atoms with van der Waals surface area (Å²) in [5.74, 6) is 0.137. The summed E-state index contributed by atoms with van der Waals surface area (Å²) >= 11 is 1.49. The van der Waals surface area contributed by atoms with E-state index in [1.807, 2.05) is 36.1 Å². The molecule has 1 saturated heterocycles. The number of rotatable bonds is 2. The second-order valence-corrected chi connectivity index (χ2v) is 7.63. The minimum atomic E-state index is -0.286. The summed E-state index contributed by atoms with van der Waals surface area (Å²) in [7, 11) is 0. The van der Waals surface area contributed by atoms with Crippen LogP contribution in [0.25, 0.3) is 0 Å². The van der Waals surface area contributed by atoms with Gasteiger partial charge in [-0.1, -0.05) is 36.0 Å². The van der Waals surface area contributed by atoms with E-state index in [0.717, 1.165) is 21.8 Å². The molecular weight excluding hydrogens is 361 g/mol. The first-order valence-electron chi connectivity index (χ1n) is 8.72. The zero-order valence-corrected chi connectivity index (χ0v) is 15.7. The molecule has 0 spiro atoms. The van der Waals surface area contributed by atoms with Crippen molar-refractivity contribution >= 4 is 23.4 Å². The van der Waals surface area contributed by atoms with Crippen molar-refractivity contribution in [3.63, 3.8) is 0 Å². The van der Waals surface area contributed by atoms with E-state index in [-0.39, 0.29) is 24.1 Å². The van der Waals surface area contributed by atoms with Crippen LogP contribution in [0, 0.1) is 24.1 Å². The van der Waals surface area contributed by atoms with Crippen LogP contribution >= 0.6 is 11.8 Å². The summed E-state index contributed by atoms with van der Waals surface area (Å²) in [6, 6.07) is 16.5. The van der Waals surface area contributed by atoms with E-state index in [4.69, 9.17) is 0 Å². The first-order valence-corrected chi connectivity index (χ1v) is 9.70. The molecule has 1 amide bonds. The van der Waals surface area contributed by atoms with Crippen LogP contribution in [0.1, 0.15) is 23.5 Å². The van der Waals surface area contributed by atoms with Crippen LogP contribution < -0.4 is 4.90 Å². The Morgan fingerprint density at radius 1 is 1.19 bits per heavy atom. The molecule has 0 unspecified atom stereocenters. The molecule has 2 heterocycles. The maximum absolute atomic E-state index is 13.2. The fourth-order valence-corrected chi connectivity index (χ4v) is 4.79. The number of hydrogen-bond donors (Lipinski definition) is 0. The molecule has 0 bridgehead atoms. The van der Waals surface area contributed by atoms with Crippen LogP contribution in [0.15, 0.2) is 59.1 Å². The Bertz CT molecular complexity index is 964. The van der Waals surface area contributed by atoms with E-state index in [9.17, 15) is 14.4 Å². The number of fused-ring (bicyclic) bond motifs is 1. The van der Waals surface area contributed by atoms with Gasteiger partial charge in [0.05, 0.1) is 29.2 Å². The van der Waals surface area contributed by atoms with Crippen molar-refractivity contribution in [3.8, 4) is 6.07 Å². The van der Waals surface area contributed by atoms with Gasteiger partial charge in [0.2, 0.25) is 5.91 Å². The first-order chi connectivity index (χ1) is 13.1. The van der Waals surface area contributed by atoms with E-state index in [0.29, 0.717) is 18.1 Å². The Balaban J connectivity index is 1.68. The lowest BCUT2D eigenvalue weighted by atomic mass is 9.84. The van der Waals surface area contributed by atoms with Crippen molar-refractivity contribution in [1.82, 2.24) is 4.90 Å². The molecule has 4 rings (SSSR count). The van der Waals surface area contributed by atoms with Gasteiger partial charge in [0.25, 0.3) is 0 Å². The molecule has 2 aliphatic heterocycles. The van der Waals surface area contributed by atoms with Gasteiger partial charge in [-0.05, 0) is 42.3 Å². The van der Waals surface area contributed by atoms with E-state index in [1.165, 1.54) is 23.9 Å². The highest BCUT2D eigenvalue weighted by molar-refractivity contribution is 8.03. The van der Waals surface area contributed by atoms with Crippen molar-refractivity contribution in [2.24, 2.45) is 0 Å². The summed E-state index contributed by atoms with van der Waals surface area (Å²) in [6.45, 7) is 2.38. The molecule has 0 saturated carbocycles. The van der Waals surface area contributed by atoms with E-state index < -0.39 is 0 Å². The topological polar surface area (TPSA) is 47.3 Å². The zero-order chi connectivity index (χ0) is 19.0. The molecule has 2 aromatic carbocycles. The Labute approximate surface area is 161 Å². The lowest BCUT2D eigenvalue weighted by molar-refractivity contribution is -0.129. The van der Waals surface area contributed by atoms with Gasteiger partial charge in [0, 0.05) is 18.0 Å². The molecule has 136 valence electrons. The van der Waals surface area contributed by atoms with Gasteiger partial charge in [-0.25, -0.2) is 4.39 Å². The number of nitrogens with zero attached hydrogens (tertiary/aromatic N) is 3. The van der Waals surface area contributed by atoms with Crippen molar-refractivity contribution in [2.45, 2.75) is 19.3 Å². The number of halogens is 1. The average molecular weight is 379 g/mol. The molecule has 0 radical (unpaired) electrons. The minimum Gasteiger partial charge on any atom is -0.344 e. The maximum atomic E-state index is 13.2. The lowest BCUT2D eigenvalue weighted by Gasteiger charge is -2.42. The monoisotopic (exact) mass is 379 g/mol. The normalized spacial score (nSPS) is 19.7. The van der Waals surface area contributed by atoms with Gasteiger partial charge in [0.1, 0.15) is 5.82 Å². The number of carbonyl (C=O) groups is 1. The molecule has 0 aromatic heterocycles. The lowest BCUT2D eigenvalue weighted by Crippen LogP contribution is -2.47. The third kappa shape index (κ3) is 3.19. The number of thioether (sulfide) groups is 1. The quantitative estimate of drug-likeness (QED) is 0.778. The molecule has 2 aromatic rings. The van der Waals surface area contributed by atoms with E-state index in [1.54, 1.807) is 17.0 Å². The van der Waals surface area contributed by atoms with Crippen molar-refractivity contribution in [2.75, 3.05) is 17.4 Å². The van der Waals surface area contributed by atoms with Crippen molar-refractivity contribution < 1.29 is 9.18 Å². The van der Waals surface area contributed by atoms with Gasteiger partial charge in [0.15, 0.2) is 0 Å². The van der Waals surface area contributed by atoms with Crippen LogP contribution in [0.4, 0.5) is 10.1 Å². The van der Waals surface area contributed by atoms with Crippen LogP contribution in [0.5, 0.6) is 0 Å². The Kier molecular flexibility index (Phi) is 4.63. The second-order valence-electron chi connectivity index (χ2n) is 6.70. The van der Waals surface area contributed by atoms with Crippen LogP contribution in [-0.4, -0.2) is 23.4 Å². The van der Waals surface area contributed by atoms with Gasteiger partial charge < -0.3 is 4.90 Å². The highest BCUT2D eigenvalue weighted by Gasteiger charge is 2.38. The number of benzene rings is 2. The molecule has 0 aliphatic carbocycles. The fourth-order valence-electron chi connectivity index (χ4n) is 3.62. The first kappa shape index (κ1) is 17.6. The highest BCUT2D eigenvalue weighted by atomic mass is 32.2. The molecule has 1 fully saturated rings. The summed E-state index contributed by atoms with van der Waals surface area (Å²) in [5.41, 5.74) is 3.64. The Hall–Kier alpha value is -2.78. The summed E-state index contributed by atoms with van der Waals surface area (Å²) in [4.78, 5) is 16.6. The minimum absolute atomic E-state index is 0.0107. The van der Waals surface area contributed by atoms with Crippen molar-refractivity contribution in [3.05, 3.63) is 76.1 Å². The SMILES string of the molecule is Cc1ccccc1[C@@H]1CC(=O)N2CN(c3ccc(F)cc3)CSC2=C1C#N. The number of carbonyl (C=O) groups excluding carboxylic acids is 1. The number of nitriles is 1. The Morgan fingerprint density at radius 2 is 1.93 bits per heavy atom. The molecule has 2 aliphatic rings. The Morgan fingerprint density at radius 3 is 2.63 bits per heavy atom. The number of anilines is 1. The van der Waals surface area contributed by atoms with Crippen LogP contribution in [0.2, 0.25) is 0 Å². The van der Waals surface area contributed by atoms with E-state index in [2.05, 4.69) is 6.07 Å². The van der Waals surface area contributed by atoms with Gasteiger partial charge in [-0.3, -0.25) is 9.69 Å². The molecule has 4 nitrogen and oxygen atoms in total. The summed E-state index contributed by atoms with van der Waals surface area (Å²) in [5, 5.41) is 10.6. The number of hydrogen-bond acceptors (Lipinski definition) is 4. The second kappa shape index (κ2) is 7.09. The zero-order valence-electron chi connectivity index (χ0n) is 14.9. The smallest absolute Gasteiger partial charge is 0.229 e. The van der Waals surface area contributed by atoms with E-state index >= 15 is 0 Å². The maximum Gasteiger partial charge on any atom is 0.229 e. The molecule has 0 N–H and O–H groups in total. The molecule has 6 heteroatoms. The van der Waals surface area contributed by atoms with Crippen LogP contribution in [-0.2, 0) is 4.79 Å². The number of amides is 1. The van der Waals surface area contributed by atoms with Gasteiger partial charge in [-0.2, -0.15) is 5.26 Å².